The van der Waals surface area contributed by atoms with Crippen LogP contribution in [0.15, 0.2) is 42.6 Å². The van der Waals surface area contributed by atoms with Gasteiger partial charge in [-0.05, 0) is 100 Å². The predicted molar refractivity (Wildman–Crippen MR) is 171 cm³/mol. The first-order chi connectivity index (χ1) is 20.5. The minimum absolute atomic E-state index is 0.0794. The van der Waals surface area contributed by atoms with Crippen molar-refractivity contribution in [1.82, 2.24) is 19.7 Å². The zero-order valence-electron chi connectivity index (χ0n) is 26.4. The van der Waals surface area contributed by atoms with Crippen LogP contribution in [0.3, 0.4) is 0 Å². The molecule has 8 heteroatoms. The number of nitrogens with zero attached hydrogens (tertiary/aromatic N) is 3. The second-order valence-electron chi connectivity index (χ2n) is 12.7. The summed E-state index contributed by atoms with van der Waals surface area (Å²) in [5.41, 5.74) is 11.2. The third-order valence-electron chi connectivity index (χ3n) is 10.1. The van der Waals surface area contributed by atoms with Crippen molar-refractivity contribution in [2.24, 2.45) is 5.73 Å². The molecule has 3 N–H and O–H groups in total. The van der Waals surface area contributed by atoms with Crippen LogP contribution in [0.2, 0.25) is 0 Å². The van der Waals surface area contributed by atoms with Crippen LogP contribution in [0.1, 0.15) is 79.8 Å². The lowest BCUT2D eigenvalue weighted by molar-refractivity contribution is -0.160. The number of carbonyl (C=O) groups is 3. The second kappa shape index (κ2) is 12.7. The van der Waals surface area contributed by atoms with Gasteiger partial charge in [0.25, 0.3) is 5.91 Å². The number of hydrogen-bond donors (Lipinski definition) is 2. The fraction of sp³-hybridized carbons (Fsp3) is 0.514. The predicted octanol–water partition coefficient (Wildman–Crippen LogP) is 4.95. The van der Waals surface area contributed by atoms with Gasteiger partial charge in [-0.3, -0.25) is 24.2 Å². The highest BCUT2D eigenvalue weighted by Gasteiger charge is 2.57. The summed E-state index contributed by atoms with van der Waals surface area (Å²) in [7, 11) is 0. The largest absolute Gasteiger partial charge is 0.361 e. The number of likely N-dealkylation sites (tertiary alicyclic amines) is 2. The number of hydrogen-bond acceptors (Lipinski definition) is 6. The van der Waals surface area contributed by atoms with E-state index in [0.29, 0.717) is 24.7 Å². The first-order valence-electron chi connectivity index (χ1n) is 15.8. The van der Waals surface area contributed by atoms with Gasteiger partial charge in [-0.15, -0.1) is 0 Å². The van der Waals surface area contributed by atoms with Crippen molar-refractivity contribution in [3.63, 3.8) is 0 Å². The van der Waals surface area contributed by atoms with Gasteiger partial charge in [0.1, 0.15) is 0 Å². The average molecular weight is 586 g/mol. The molecule has 0 radical (unpaired) electrons. The van der Waals surface area contributed by atoms with Crippen LogP contribution in [0, 0.1) is 20.8 Å². The zero-order chi connectivity index (χ0) is 30.9. The molecular formula is C35H47N5O3. The van der Waals surface area contributed by atoms with Gasteiger partial charge in [0.15, 0.2) is 11.3 Å². The number of piperidine rings is 2. The number of benzene rings is 2. The second-order valence-corrected chi connectivity index (χ2v) is 12.7. The number of imide groups is 1. The Hall–Kier alpha value is -3.33. The summed E-state index contributed by atoms with van der Waals surface area (Å²) in [5.74, 6) is -1.28. The normalized spacial score (nSPS) is 19.2. The quantitative estimate of drug-likeness (QED) is 0.363. The smallest absolute Gasteiger partial charge is 0.259 e. The Labute approximate surface area is 255 Å². The molecule has 0 spiro atoms. The molecule has 0 aliphatic carbocycles. The van der Waals surface area contributed by atoms with Crippen LogP contribution in [-0.4, -0.2) is 75.0 Å². The molecule has 0 bridgehead atoms. The van der Waals surface area contributed by atoms with E-state index < -0.39 is 23.4 Å². The number of H-pyrrole nitrogens is 1. The van der Waals surface area contributed by atoms with Crippen molar-refractivity contribution < 1.29 is 14.4 Å². The van der Waals surface area contributed by atoms with E-state index >= 15 is 0 Å². The number of nitrogens with one attached hydrogen (secondary N) is 1. The van der Waals surface area contributed by atoms with E-state index in [0.717, 1.165) is 53.5 Å². The zero-order valence-corrected chi connectivity index (χ0v) is 26.4. The van der Waals surface area contributed by atoms with Crippen LogP contribution in [0.4, 0.5) is 0 Å². The number of fused-ring (bicyclic) bond motifs is 1. The topological polar surface area (TPSA) is 103 Å². The summed E-state index contributed by atoms with van der Waals surface area (Å²) < 4.78 is 0. The molecular weight excluding hydrogens is 538 g/mol. The minimum atomic E-state index is -1.74. The third kappa shape index (κ3) is 5.80. The number of rotatable bonds is 8. The lowest BCUT2D eigenvalue weighted by atomic mass is 9.77. The van der Waals surface area contributed by atoms with E-state index in [-0.39, 0.29) is 12.3 Å². The highest BCUT2D eigenvalue weighted by atomic mass is 16.2. The molecule has 2 fully saturated rings. The molecule has 3 aromatic rings. The van der Waals surface area contributed by atoms with Crippen LogP contribution in [0.5, 0.6) is 0 Å². The minimum Gasteiger partial charge on any atom is -0.361 e. The summed E-state index contributed by atoms with van der Waals surface area (Å²) >= 11 is 0. The molecule has 2 saturated heterocycles. The van der Waals surface area contributed by atoms with Gasteiger partial charge in [0.05, 0.1) is 12.6 Å². The number of nitrogens with two attached hydrogens (primary N) is 1. The highest BCUT2D eigenvalue weighted by Crippen LogP contribution is 2.39. The molecule has 2 aliphatic heterocycles. The van der Waals surface area contributed by atoms with Crippen LogP contribution in [0.25, 0.3) is 10.9 Å². The average Bonchev–Trinajstić information content (AvgIpc) is 3.43. The van der Waals surface area contributed by atoms with E-state index in [1.54, 1.807) is 0 Å². The molecule has 2 amide bonds. The molecule has 3 heterocycles. The number of aryl methyl sites for hydroxylation is 2. The third-order valence-corrected chi connectivity index (χ3v) is 10.1. The van der Waals surface area contributed by atoms with E-state index in [1.165, 1.54) is 43.6 Å². The van der Waals surface area contributed by atoms with E-state index in [2.05, 4.69) is 16.8 Å². The van der Waals surface area contributed by atoms with E-state index in [4.69, 9.17) is 5.73 Å². The van der Waals surface area contributed by atoms with Crippen molar-refractivity contribution >= 4 is 28.5 Å². The number of carbonyl (C=O) groups excluding carboxylic acids is 3. The van der Waals surface area contributed by atoms with Crippen molar-refractivity contribution in [3.05, 3.63) is 70.4 Å². The molecule has 8 nitrogen and oxygen atoms in total. The Balaban J connectivity index is 1.57. The SMILES string of the molecule is CC(=O)N(Cc1cc(C)c(C)c(C)c1)C(=O)C(C(C)=O)(C(N)c1c[nH]c2ccccc12)N1CCC(N2CCCCC2)CC1. The van der Waals surface area contributed by atoms with Gasteiger partial charge >= 0.3 is 0 Å². The fourth-order valence-electron chi connectivity index (χ4n) is 7.43. The number of Topliss-reactive ketones (excluding diaryl/α,β-unsaturated/α-hetero) is 1. The van der Waals surface area contributed by atoms with Gasteiger partial charge in [-0.1, -0.05) is 36.8 Å². The summed E-state index contributed by atoms with van der Waals surface area (Å²) in [6.07, 6.45) is 7.21. The Morgan fingerprint density at radius 3 is 2.21 bits per heavy atom. The van der Waals surface area contributed by atoms with Gasteiger partial charge in [0, 0.05) is 43.2 Å². The molecule has 1 aromatic heterocycles. The van der Waals surface area contributed by atoms with Gasteiger partial charge in [-0.25, -0.2) is 0 Å². The summed E-state index contributed by atoms with van der Waals surface area (Å²) in [4.78, 5) is 51.4. The molecule has 230 valence electrons. The van der Waals surface area contributed by atoms with Crippen LogP contribution in [-0.2, 0) is 20.9 Å². The Morgan fingerprint density at radius 1 is 0.977 bits per heavy atom. The maximum Gasteiger partial charge on any atom is 0.259 e. The van der Waals surface area contributed by atoms with Crippen molar-refractivity contribution in [1.29, 1.82) is 0 Å². The summed E-state index contributed by atoms with van der Waals surface area (Å²) in [6, 6.07) is 11.3. The van der Waals surface area contributed by atoms with Crippen LogP contribution >= 0.6 is 0 Å². The monoisotopic (exact) mass is 585 g/mol. The molecule has 5 rings (SSSR count). The lowest BCUT2D eigenvalue weighted by Crippen LogP contribution is -2.70. The number of aromatic nitrogens is 1. The molecule has 0 saturated carbocycles. The van der Waals surface area contributed by atoms with Crippen molar-refractivity contribution in [3.8, 4) is 0 Å². The highest BCUT2D eigenvalue weighted by molar-refractivity contribution is 6.15. The Morgan fingerprint density at radius 2 is 1.60 bits per heavy atom. The summed E-state index contributed by atoms with van der Waals surface area (Å²) in [6.45, 7) is 12.4. The van der Waals surface area contributed by atoms with Crippen molar-refractivity contribution in [2.75, 3.05) is 26.2 Å². The number of ketones is 1. The van der Waals surface area contributed by atoms with E-state index in [1.807, 2.05) is 61.3 Å². The first kappa shape index (κ1) is 31.1. The molecule has 2 aromatic carbocycles. The van der Waals surface area contributed by atoms with Gasteiger partial charge < -0.3 is 15.6 Å². The molecule has 2 atom stereocenters. The van der Waals surface area contributed by atoms with E-state index in [9.17, 15) is 14.4 Å². The molecule has 43 heavy (non-hydrogen) atoms. The summed E-state index contributed by atoms with van der Waals surface area (Å²) in [5, 5.41) is 0.871. The van der Waals surface area contributed by atoms with Gasteiger partial charge in [-0.2, -0.15) is 0 Å². The van der Waals surface area contributed by atoms with Crippen LogP contribution < -0.4 is 5.73 Å². The lowest BCUT2D eigenvalue weighted by Gasteiger charge is -2.50. The number of para-hydroxylation sites is 1. The number of aromatic amines is 1. The molecule has 2 aliphatic rings. The van der Waals surface area contributed by atoms with Gasteiger partial charge in [0.2, 0.25) is 5.91 Å². The molecule has 2 unspecified atom stereocenters. The standard InChI is InChI=1S/C35H47N5O3/c1-23-19-28(20-24(2)25(23)3)22-40(27(5)42)34(43)35(26(4)41,33(36)31-21-37-32-12-8-7-11-30(31)32)39-17-13-29(14-18-39)38-15-9-6-10-16-38/h7-8,11-12,19-21,29,33,37H,6,9-10,13-18,22,36H2,1-5H3. The first-order valence-corrected chi connectivity index (χ1v) is 15.8. The fourth-order valence-corrected chi connectivity index (χ4v) is 7.43. The van der Waals surface area contributed by atoms with Crippen molar-refractivity contribution in [2.45, 2.75) is 90.9 Å². The maximum absolute atomic E-state index is 15.0. The maximum atomic E-state index is 15.0. The Bertz CT molecular complexity index is 1480. The Kier molecular flexibility index (Phi) is 9.20. The number of amides is 2.